The molecule has 31 heavy (non-hydrogen) atoms. The summed E-state index contributed by atoms with van der Waals surface area (Å²) in [5, 5.41) is 1.47. The zero-order valence-electron chi connectivity index (χ0n) is 16.8. The van der Waals surface area contributed by atoms with Gasteiger partial charge in [-0.25, -0.2) is 4.98 Å². The molecule has 2 aromatic heterocycles. The van der Waals surface area contributed by atoms with Gasteiger partial charge in [0.1, 0.15) is 4.83 Å². The number of nitrogens with two attached hydrogens (primary N) is 1. The molecule has 1 aliphatic rings. The van der Waals surface area contributed by atoms with Crippen LogP contribution in [0, 0.1) is 0 Å². The molecule has 0 unspecified atom stereocenters. The van der Waals surface area contributed by atoms with Crippen molar-refractivity contribution in [1.82, 2.24) is 9.55 Å². The Labute approximate surface area is 187 Å². The quantitative estimate of drug-likeness (QED) is 0.355. The number of carbonyl (C=O) groups is 1. The lowest BCUT2D eigenvalue weighted by atomic mass is 9.97. The van der Waals surface area contributed by atoms with Crippen LogP contribution in [0.15, 0.2) is 64.5 Å². The van der Waals surface area contributed by atoms with Gasteiger partial charge in [0.2, 0.25) is 5.91 Å². The number of hydrogen-bond acceptors (Lipinski definition) is 5. The molecular weight excluding hydrogens is 426 g/mol. The van der Waals surface area contributed by atoms with Gasteiger partial charge in [0.25, 0.3) is 5.56 Å². The number of benzene rings is 2. The summed E-state index contributed by atoms with van der Waals surface area (Å²) in [7, 11) is 0. The van der Waals surface area contributed by atoms with Gasteiger partial charge in [0, 0.05) is 16.2 Å². The zero-order chi connectivity index (χ0) is 21.4. The minimum atomic E-state index is -0.439. The number of aromatic nitrogens is 2. The van der Waals surface area contributed by atoms with E-state index in [2.05, 4.69) is 0 Å². The van der Waals surface area contributed by atoms with Crippen LogP contribution < -0.4 is 11.3 Å². The molecule has 0 spiro atoms. The van der Waals surface area contributed by atoms with Gasteiger partial charge in [-0.3, -0.25) is 14.2 Å². The molecular formula is C24H21N3O2S2. The number of fused-ring (bicyclic) bond motifs is 3. The summed E-state index contributed by atoms with van der Waals surface area (Å²) in [5.74, 6) is 0.195. The number of nitrogens with zero attached hydrogens (tertiary/aromatic N) is 2. The molecule has 4 aromatic rings. The van der Waals surface area contributed by atoms with E-state index in [1.54, 1.807) is 28.0 Å². The number of hydrogen-bond donors (Lipinski definition) is 1. The van der Waals surface area contributed by atoms with Crippen LogP contribution in [0.1, 0.15) is 39.2 Å². The van der Waals surface area contributed by atoms with Crippen LogP contribution in [0.25, 0.3) is 15.9 Å². The minimum Gasteiger partial charge on any atom is -0.366 e. The van der Waals surface area contributed by atoms with Crippen LogP contribution in [0.2, 0.25) is 0 Å². The second-order valence-corrected chi connectivity index (χ2v) is 9.64. The monoisotopic (exact) mass is 447 g/mol. The maximum atomic E-state index is 13.7. The Hall–Kier alpha value is -2.90. The average Bonchev–Trinajstić information content (AvgIpc) is 3.17. The molecule has 2 heterocycles. The Balaban J connectivity index is 1.59. The molecule has 0 saturated carbocycles. The van der Waals surface area contributed by atoms with Crippen molar-refractivity contribution in [3.8, 4) is 5.69 Å². The summed E-state index contributed by atoms with van der Waals surface area (Å²) < 4.78 is 1.74. The van der Waals surface area contributed by atoms with Crippen LogP contribution in [0.5, 0.6) is 0 Å². The van der Waals surface area contributed by atoms with Crippen LogP contribution >= 0.6 is 23.1 Å². The van der Waals surface area contributed by atoms with Crippen molar-refractivity contribution >= 4 is 39.2 Å². The number of primary amides is 1. The SMILES string of the molecule is NC(=O)c1ccc(CSc2nc3sc4c(c3c(=O)n2-c2ccccc2)CCCC4)cc1. The molecule has 0 saturated heterocycles. The molecule has 7 heteroatoms. The number of aryl methyl sites for hydroxylation is 2. The maximum absolute atomic E-state index is 13.7. The molecule has 1 amide bonds. The summed E-state index contributed by atoms with van der Waals surface area (Å²) in [6, 6.07) is 16.9. The van der Waals surface area contributed by atoms with Crippen molar-refractivity contribution in [2.75, 3.05) is 0 Å². The van der Waals surface area contributed by atoms with Gasteiger partial charge in [-0.05, 0) is 61.1 Å². The van der Waals surface area contributed by atoms with Crippen molar-refractivity contribution in [2.45, 2.75) is 36.6 Å². The summed E-state index contributed by atoms with van der Waals surface area (Å²) in [5.41, 5.74) is 8.89. The Morgan fingerprint density at radius 3 is 2.55 bits per heavy atom. The van der Waals surface area contributed by atoms with Crippen molar-refractivity contribution < 1.29 is 4.79 Å². The number of amides is 1. The highest BCUT2D eigenvalue weighted by Gasteiger charge is 2.22. The highest BCUT2D eigenvalue weighted by atomic mass is 32.2. The molecule has 0 bridgehead atoms. The van der Waals surface area contributed by atoms with E-state index in [1.165, 1.54) is 28.6 Å². The fourth-order valence-corrected chi connectivity index (χ4v) is 6.27. The lowest BCUT2D eigenvalue weighted by Crippen LogP contribution is -2.22. The van der Waals surface area contributed by atoms with Crippen LogP contribution in [-0.4, -0.2) is 15.5 Å². The molecule has 2 N–H and O–H groups in total. The van der Waals surface area contributed by atoms with E-state index in [-0.39, 0.29) is 5.56 Å². The first-order valence-electron chi connectivity index (χ1n) is 10.3. The van der Waals surface area contributed by atoms with Crippen LogP contribution in [-0.2, 0) is 18.6 Å². The van der Waals surface area contributed by atoms with Gasteiger partial charge in [0.05, 0.1) is 11.1 Å². The third kappa shape index (κ3) is 3.79. The van der Waals surface area contributed by atoms with E-state index in [1.807, 2.05) is 42.5 Å². The smallest absolute Gasteiger partial charge is 0.267 e. The molecule has 1 aliphatic carbocycles. The van der Waals surface area contributed by atoms with Crippen molar-refractivity contribution in [3.63, 3.8) is 0 Å². The highest BCUT2D eigenvalue weighted by Crippen LogP contribution is 2.35. The Morgan fingerprint density at radius 2 is 1.81 bits per heavy atom. The summed E-state index contributed by atoms with van der Waals surface area (Å²) in [4.78, 5) is 32.1. The van der Waals surface area contributed by atoms with Crippen molar-refractivity contribution in [3.05, 3.63) is 86.5 Å². The van der Waals surface area contributed by atoms with Gasteiger partial charge in [-0.2, -0.15) is 0 Å². The van der Waals surface area contributed by atoms with Gasteiger partial charge < -0.3 is 5.73 Å². The number of para-hydroxylation sites is 1. The van der Waals surface area contributed by atoms with Gasteiger partial charge in [-0.15, -0.1) is 11.3 Å². The Morgan fingerprint density at radius 1 is 1.06 bits per heavy atom. The fraction of sp³-hybridized carbons (Fsp3) is 0.208. The first-order valence-corrected chi connectivity index (χ1v) is 12.1. The third-order valence-electron chi connectivity index (χ3n) is 5.58. The van der Waals surface area contributed by atoms with E-state index < -0.39 is 5.91 Å². The molecule has 5 rings (SSSR count). The second-order valence-electron chi connectivity index (χ2n) is 7.61. The first-order chi connectivity index (χ1) is 15.1. The summed E-state index contributed by atoms with van der Waals surface area (Å²) in [6.07, 6.45) is 4.30. The Kier molecular flexibility index (Phi) is 5.38. The first kappa shape index (κ1) is 20.0. The van der Waals surface area contributed by atoms with Crippen LogP contribution in [0.3, 0.4) is 0 Å². The van der Waals surface area contributed by atoms with Crippen LogP contribution in [0.4, 0.5) is 0 Å². The molecule has 5 nitrogen and oxygen atoms in total. The predicted molar refractivity (Wildman–Crippen MR) is 126 cm³/mol. The standard InChI is InChI=1S/C24H21N3O2S2/c25-21(28)16-12-10-15(11-13-16)14-30-24-26-22-20(18-8-4-5-9-19(18)31-22)23(29)27(24)17-6-2-1-3-7-17/h1-3,6-7,10-13H,4-5,8-9,14H2,(H2,25,28). The molecule has 0 fully saturated rings. The molecule has 156 valence electrons. The Bertz CT molecular complexity index is 1330. The van der Waals surface area contributed by atoms with Gasteiger partial charge in [0.15, 0.2) is 5.16 Å². The van der Waals surface area contributed by atoms with E-state index in [4.69, 9.17) is 10.7 Å². The normalized spacial score (nSPS) is 13.3. The maximum Gasteiger partial charge on any atom is 0.267 e. The molecule has 0 aliphatic heterocycles. The third-order valence-corrected chi connectivity index (χ3v) is 7.77. The van der Waals surface area contributed by atoms with Crippen molar-refractivity contribution in [2.24, 2.45) is 5.73 Å². The summed E-state index contributed by atoms with van der Waals surface area (Å²) in [6.45, 7) is 0. The van der Waals surface area contributed by atoms with Gasteiger partial charge >= 0.3 is 0 Å². The number of thioether (sulfide) groups is 1. The number of carbonyl (C=O) groups excluding carboxylic acids is 1. The molecule has 0 radical (unpaired) electrons. The average molecular weight is 448 g/mol. The van der Waals surface area contributed by atoms with E-state index in [0.29, 0.717) is 16.5 Å². The van der Waals surface area contributed by atoms with E-state index in [0.717, 1.165) is 40.7 Å². The zero-order valence-corrected chi connectivity index (χ0v) is 18.5. The lowest BCUT2D eigenvalue weighted by molar-refractivity contribution is 0.100. The number of rotatable bonds is 5. The lowest BCUT2D eigenvalue weighted by Gasteiger charge is -2.13. The molecule has 0 atom stereocenters. The van der Waals surface area contributed by atoms with Gasteiger partial charge in [-0.1, -0.05) is 42.1 Å². The van der Waals surface area contributed by atoms with E-state index >= 15 is 0 Å². The highest BCUT2D eigenvalue weighted by molar-refractivity contribution is 7.98. The van der Waals surface area contributed by atoms with Crippen molar-refractivity contribution in [1.29, 1.82) is 0 Å². The summed E-state index contributed by atoms with van der Waals surface area (Å²) >= 11 is 3.20. The van der Waals surface area contributed by atoms with E-state index in [9.17, 15) is 9.59 Å². The minimum absolute atomic E-state index is 0.0159. The number of thiophene rings is 1. The largest absolute Gasteiger partial charge is 0.366 e. The predicted octanol–water partition coefficient (Wildman–Crippen LogP) is 4.72. The molecule has 2 aromatic carbocycles. The fourth-order valence-electron chi connectivity index (χ4n) is 4.00. The topological polar surface area (TPSA) is 78.0 Å². The second kappa shape index (κ2) is 8.32.